The highest BCUT2D eigenvalue weighted by Gasteiger charge is 2.72. The summed E-state index contributed by atoms with van der Waals surface area (Å²) in [4.78, 5) is 42.3. The summed E-state index contributed by atoms with van der Waals surface area (Å²) in [5, 5.41) is 14.8. The Bertz CT molecular complexity index is 1540. The first-order valence-corrected chi connectivity index (χ1v) is 12.1. The van der Waals surface area contributed by atoms with Gasteiger partial charge in [0.1, 0.15) is 11.4 Å². The molecule has 9 nitrogen and oxygen atoms in total. The Kier molecular flexibility index (Phi) is 4.46. The molecule has 0 bridgehead atoms. The number of carbonyl (C=O) groups is 2. The minimum atomic E-state index is -2.22. The van der Waals surface area contributed by atoms with E-state index in [-0.39, 0.29) is 28.4 Å². The van der Waals surface area contributed by atoms with E-state index < -0.39 is 28.7 Å². The smallest absolute Gasteiger partial charge is 0.326 e. The molecule has 9 heteroatoms. The van der Waals surface area contributed by atoms with E-state index >= 15 is 0 Å². The fourth-order valence-corrected chi connectivity index (χ4v) is 6.02. The normalized spacial score (nSPS) is 28.2. The number of nitrogen functional groups attached to an aromatic ring is 1. The molecule has 1 aliphatic heterocycles. The number of imidazole rings is 1. The van der Waals surface area contributed by atoms with Gasteiger partial charge < -0.3 is 25.9 Å². The number of nitrogens with one attached hydrogen (secondary N) is 2. The van der Waals surface area contributed by atoms with E-state index in [0.717, 1.165) is 12.0 Å². The van der Waals surface area contributed by atoms with Crippen LogP contribution in [0, 0.1) is 18.8 Å². The van der Waals surface area contributed by atoms with Crippen molar-refractivity contribution in [1.29, 1.82) is 0 Å². The molecule has 1 saturated carbocycles. The lowest BCUT2D eigenvalue weighted by atomic mass is 9.81. The Hall–Kier alpha value is -3.85. The van der Waals surface area contributed by atoms with Crippen LogP contribution in [-0.2, 0) is 18.4 Å². The molecule has 1 aromatic heterocycles. The molecule has 5 atom stereocenters. The number of ketones is 1. The highest BCUT2D eigenvalue weighted by molar-refractivity contribution is 6.16. The number of nitrogens with zero attached hydrogens (tertiary/aromatic N) is 1. The minimum Gasteiger partial charge on any atom is -0.454 e. The number of aromatic amines is 1. The van der Waals surface area contributed by atoms with Crippen LogP contribution in [0.15, 0.2) is 41.2 Å². The van der Waals surface area contributed by atoms with Gasteiger partial charge in [0, 0.05) is 29.6 Å². The predicted molar refractivity (Wildman–Crippen MR) is 132 cm³/mol. The van der Waals surface area contributed by atoms with Crippen LogP contribution in [0.3, 0.4) is 0 Å². The third kappa shape index (κ3) is 2.66. The second kappa shape index (κ2) is 7.10. The maximum atomic E-state index is 14.1. The van der Waals surface area contributed by atoms with Crippen LogP contribution < -0.4 is 21.5 Å². The molecular weight excluding hydrogens is 460 g/mol. The van der Waals surface area contributed by atoms with Crippen LogP contribution >= 0.6 is 0 Å². The van der Waals surface area contributed by atoms with Gasteiger partial charge >= 0.3 is 5.69 Å². The van der Waals surface area contributed by atoms with E-state index in [0.29, 0.717) is 28.8 Å². The molecule has 6 rings (SSSR count). The van der Waals surface area contributed by atoms with Gasteiger partial charge in [-0.3, -0.25) is 14.2 Å². The van der Waals surface area contributed by atoms with E-state index in [1.165, 1.54) is 11.6 Å². The summed E-state index contributed by atoms with van der Waals surface area (Å²) < 4.78 is 7.47. The Morgan fingerprint density at radius 3 is 2.64 bits per heavy atom. The average Bonchev–Trinajstić information content (AvgIpc) is 3.39. The van der Waals surface area contributed by atoms with Gasteiger partial charge in [-0.05, 0) is 48.8 Å². The number of aromatic nitrogens is 2. The number of anilines is 1. The molecule has 3 aromatic rings. The summed E-state index contributed by atoms with van der Waals surface area (Å²) in [5.74, 6) is -1.68. The van der Waals surface area contributed by atoms with Crippen molar-refractivity contribution < 1.29 is 19.4 Å². The number of hydrogen-bond donors (Lipinski definition) is 4. The second-order valence-electron chi connectivity index (χ2n) is 10.4. The average molecular weight is 489 g/mol. The number of benzene rings is 2. The highest BCUT2D eigenvalue weighted by atomic mass is 16.6. The summed E-state index contributed by atoms with van der Waals surface area (Å²) in [6, 6.07) is 10.3. The first kappa shape index (κ1) is 22.6. The first-order valence-electron chi connectivity index (χ1n) is 12.1. The zero-order chi connectivity index (χ0) is 25.7. The molecule has 0 spiro atoms. The number of ether oxygens (including phenoxy) is 1. The molecule has 4 unspecified atom stereocenters. The van der Waals surface area contributed by atoms with E-state index in [1.807, 2.05) is 12.1 Å². The molecule has 0 radical (unpaired) electrons. The van der Waals surface area contributed by atoms with Crippen LogP contribution in [0.5, 0.6) is 5.75 Å². The number of carbonyl (C=O) groups excluding carboxylic acids is 2. The topological polar surface area (TPSA) is 139 Å². The van der Waals surface area contributed by atoms with Crippen LogP contribution in [0.4, 0.5) is 5.69 Å². The van der Waals surface area contributed by atoms with Crippen molar-refractivity contribution >= 4 is 17.4 Å². The molecule has 5 N–H and O–H groups in total. The second-order valence-corrected chi connectivity index (χ2v) is 10.4. The van der Waals surface area contributed by atoms with Gasteiger partial charge in [-0.15, -0.1) is 0 Å². The Morgan fingerprint density at radius 2 is 2.00 bits per heavy atom. The summed E-state index contributed by atoms with van der Waals surface area (Å²) in [6.07, 6.45) is 1.16. The fourth-order valence-electron chi connectivity index (χ4n) is 6.02. The number of H-pyrrole nitrogens is 1. The Morgan fingerprint density at radius 1 is 1.28 bits per heavy atom. The maximum Gasteiger partial charge on any atom is 0.326 e. The third-order valence-corrected chi connectivity index (χ3v) is 8.47. The van der Waals surface area contributed by atoms with Gasteiger partial charge in [0.25, 0.3) is 11.7 Å². The molecule has 1 amide bonds. The van der Waals surface area contributed by atoms with Gasteiger partial charge in [-0.2, -0.15) is 0 Å². The summed E-state index contributed by atoms with van der Waals surface area (Å²) >= 11 is 0. The number of hydrogen-bond acceptors (Lipinski definition) is 6. The molecule has 186 valence electrons. The zero-order valence-electron chi connectivity index (χ0n) is 20.5. The van der Waals surface area contributed by atoms with E-state index in [4.69, 9.17) is 10.5 Å². The van der Waals surface area contributed by atoms with Crippen molar-refractivity contribution in [1.82, 2.24) is 14.9 Å². The Balaban J connectivity index is 1.52. The number of amides is 1. The van der Waals surface area contributed by atoms with E-state index in [9.17, 15) is 19.5 Å². The summed E-state index contributed by atoms with van der Waals surface area (Å²) in [7, 11) is 1.54. The van der Waals surface area contributed by atoms with Crippen molar-refractivity contribution in [2.24, 2.45) is 18.9 Å². The van der Waals surface area contributed by atoms with Gasteiger partial charge in [0.15, 0.2) is 0 Å². The Labute approximate surface area is 207 Å². The van der Waals surface area contributed by atoms with Gasteiger partial charge in [-0.25, -0.2) is 4.79 Å². The molecule has 36 heavy (non-hydrogen) atoms. The first-order chi connectivity index (χ1) is 17.0. The standard InChI is InChI=1S/C27H28N4O5/c1-12-10-16(12)13(2)15-8-9-17-20(11-15)36-27(35)18-6-5-7-19(28)21(18)23(32)26(17,27)30-24(33)22-14(3)31(4)25(34)29-22/h5-9,11-13,16,35H,10,28H2,1-4H3,(H,29,34)(H,30,33)/t12?,13-,16?,26?,27?/m0/s1. The third-order valence-electron chi connectivity index (χ3n) is 8.47. The monoisotopic (exact) mass is 488 g/mol. The number of fused-ring (bicyclic) bond motifs is 5. The van der Waals surface area contributed by atoms with Crippen molar-refractivity contribution in [2.45, 2.75) is 44.4 Å². The van der Waals surface area contributed by atoms with Crippen LogP contribution in [0.2, 0.25) is 0 Å². The molecule has 2 heterocycles. The van der Waals surface area contributed by atoms with Gasteiger partial charge in [0.2, 0.25) is 11.3 Å². The molecule has 1 fully saturated rings. The molecule has 2 aliphatic carbocycles. The highest BCUT2D eigenvalue weighted by Crippen LogP contribution is 2.60. The zero-order valence-corrected chi connectivity index (χ0v) is 20.5. The van der Waals surface area contributed by atoms with Crippen LogP contribution in [-0.4, -0.2) is 26.3 Å². The molecular formula is C27H28N4O5. The van der Waals surface area contributed by atoms with E-state index in [1.54, 1.807) is 31.2 Å². The number of Topliss-reactive ketones (excluding diaryl/α,β-unsaturated/α-hetero) is 1. The van der Waals surface area contributed by atoms with Crippen molar-refractivity contribution in [3.63, 3.8) is 0 Å². The lowest BCUT2D eigenvalue weighted by molar-refractivity contribution is -0.169. The van der Waals surface area contributed by atoms with Crippen molar-refractivity contribution in [3.05, 3.63) is 80.5 Å². The maximum absolute atomic E-state index is 14.1. The number of rotatable bonds is 4. The largest absolute Gasteiger partial charge is 0.454 e. The van der Waals surface area contributed by atoms with Crippen molar-refractivity contribution in [3.8, 4) is 5.75 Å². The lowest BCUT2D eigenvalue weighted by Crippen LogP contribution is -2.60. The summed E-state index contributed by atoms with van der Waals surface area (Å²) in [6.45, 7) is 6.00. The lowest BCUT2D eigenvalue weighted by Gasteiger charge is -2.34. The fraction of sp³-hybridized carbons (Fsp3) is 0.370. The number of nitrogens with two attached hydrogens (primary N) is 1. The SMILES string of the molecule is Cc1c(C(=O)NC23C(=O)c4c(N)cccc4C2(O)Oc2cc([C@H](C)C4CC4C)ccc23)[nH]c(=O)n1C. The minimum absolute atomic E-state index is 0.00244. The van der Waals surface area contributed by atoms with Crippen molar-refractivity contribution in [2.75, 3.05) is 5.73 Å². The van der Waals surface area contributed by atoms with Crippen LogP contribution in [0.1, 0.15) is 69.4 Å². The molecule has 3 aliphatic rings. The van der Waals surface area contributed by atoms with E-state index in [2.05, 4.69) is 24.1 Å². The predicted octanol–water partition coefficient (Wildman–Crippen LogP) is 2.42. The quantitative estimate of drug-likeness (QED) is 0.416. The summed E-state index contributed by atoms with van der Waals surface area (Å²) in [5.41, 5.74) is 5.95. The van der Waals surface area contributed by atoms with Crippen LogP contribution in [0.25, 0.3) is 0 Å². The van der Waals surface area contributed by atoms with Gasteiger partial charge in [-0.1, -0.05) is 38.1 Å². The van der Waals surface area contributed by atoms with Gasteiger partial charge in [0.05, 0.1) is 5.56 Å². The molecule has 2 aromatic carbocycles. The number of aliphatic hydroxyl groups is 1. The molecule has 0 saturated heterocycles.